The Morgan fingerprint density at radius 2 is 2.20 bits per heavy atom. The third-order valence-corrected chi connectivity index (χ3v) is 3.22. The molecule has 3 heterocycles. The van der Waals surface area contributed by atoms with Crippen LogP contribution in [0.3, 0.4) is 0 Å². The van der Waals surface area contributed by atoms with Gasteiger partial charge in [0.05, 0.1) is 25.3 Å². The summed E-state index contributed by atoms with van der Waals surface area (Å²) in [6.07, 6.45) is 7.92. The Hall–Kier alpha value is -1.86. The van der Waals surface area contributed by atoms with Crippen molar-refractivity contribution in [3.05, 3.63) is 24.5 Å². The van der Waals surface area contributed by atoms with Gasteiger partial charge in [0.2, 0.25) is 11.7 Å². The van der Waals surface area contributed by atoms with Gasteiger partial charge in [0.1, 0.15) is 5.69 Å². The van der Waals surface area contributed by atoms with Crippen LogP contribution in [-0.2, 0) is 11.2 Å². The number of nitrogens with one attached hydrogen (secondary N) is 1. The predicted octanol–water partition coefficient (Wildman–Crippen LogP) is 0.838. The Morgan fingerprint density at radius 1 is 1.30 bits per heavy atom. The van der Waals surface area contributed by atoms with Crippen molar-refractivity contribution in [1.29, 1.82) is 0 Å². The molecule has 0 aromatic carbocycles. The number of rotatable bonds is 5. The van der Waals surface area contributed by atoms with Gasteiger partial charge >= 0.3 is 0 Å². The second-order valence-electron chi connectivity index (χ2n) is 4.67. The molecule has 0 radical (unpaired) electrons. The average Bonchev–Trinajstić information content (AvgIpc) is 2.98. The van der Waals surface area contributed by atoms with Crippen LogP contribution in [-0.4, -0.2) is 45.9 Å². The van der Waals surface area contributed by atoms with Gasteiger partial charge in [-0.25, -0.2) is 4.98 Å². The fourth-order valence-corrected chi connectivity index (χ4v) is 2.15. The van der Waals surface area contributed by atoms with Gasteiger partial charge in [-0.3, -0.25) is 4.98 Å². The molecule has 1 aliphatic rings. The zero-order chi connectivity index (χ0) is 13.6. The molecule has 0 aliphatic carbocycles. The van der Waals surface area contributed by atoms with E-state index in [4.69, 9.17) is 9.26 Å². The largest absolute Gasteiger partial charge is 0.378 e. The highest BCUT2D eigenvalue weighted by Gasteiger charge is 2.14. The van der Waals surface area contributed by atoms with Gasteiger partial charge in [0.25, 0.3) is 0 Å². The molecule has 0 atom stereocenters. The lowest BCUT2D eigenvalue weighted by Crippen LogP contribution is -2.32. The van der Waals surface area contributed by atoms with Crippen molar-refractivity contribution in [2.24, 2.45) is 0 Å². The number of hydrogen-bond acceptors (Lipinski definition) is 7. The molecular weight excluding hydrogens is 258 g/mol. The van der Waals surface area contributed by atoms with Gasteiger partial charge in [-0.2, -0.15) is 4.98 Å². The maximum absolute atomic E-state index is 5.81. The zero-order valence-electron chi connectivity index (χ0n) is 11.2. The molecule has 1 saturated heterocycles. The monoisotopic (exact) mass is 275 g/mol. The third-order valence-electron chi connectivity index (χ3n) is 3.22. The molecule has 1 aliphatic heterocycles. The number of ether oxygens (including phenoxy) is 1. The first-order chi connectivity index (χ1) is 9.92. The molecule has 0 unspecified atom stereocenters. The van der Waals surface area contributed by atoms with Crippen molar-refractivity contribution in [3.63, 3.8) is 0 Å². The van der Waals surface area contributed by atoms with Crippen LogP contribution in [0.1, 0.15) is 18.7 Å². The summed E-state index contributed by atoms with van der Waals surface area (Å²) in [5.74, 6) is 1.04. The third kappa shape index (κ3) is 3.37. The van der Waals surface area contributed by atoms with Crippen molar-refractivity contribution in [1.82, 2.24) is 25.4 Å². The SMILES string of the molecule is c1cnc(-c2noc(CCOC3CCNCC3)n2)cn1. The van der Waals surface area contributed by atoms with Crippen LogP contribution in [0.25, 0.3) is 11.5 Å². The van der Waals surface area contributed by atoms with Crippen LogP contribution in [0.4, 0.5) is 0 Å². The molecule has 7 heteroatoms. The Kier molecular flexibility index (Phi) is 4.29. The quantitative estimate of drug-likeness (QED) is 0.865. The summed E-state index contributed by atoms with van der Waals surface area (Å²) in [6, 6.07) is 0. The van der Waals surface area contributed by atoms with E-state index in [9.17, 15) is 0 Å². The molecule has 7 nitrogen and oxygen atoms in total. The first-order valence-corrected chi connectivity index (χ1v) is 6.83. The molecule has 1 N–H and O–H groups in total. The smallest absolute Gasteiger partial charge is 0.229 e. The summed E-state index contributed by atoms with van der Waals surface area (Å²) in [7, 11) is 0. The molecule has 0 amide bonds. The van der Waals surface area contributed by atoms with Crippen LogP contribution >= 0.6 is 0 Å². The van der Waals surface area contributed by atoms with Crippen molar-refractivity contribution in [2.75, 3.05) is 19.7 Å². The molecule has 3 rings (SSSR count). The minimum Gasteiger partial charge on any atom is -0.378 e. The van der Waals surface area contributed by atoms with E-state index in [0.717, 1.165) is 25.9 Å². The molecule has 0 spiro atoms. The minimum absolute atomic E-state index is 0.346. The Labute approximate surface area is 116 Å². The van der Waals surface area contributed by atoms with Crippen molar-refractivity contribution >= 4 is 0 Å². The van der Waals surface area contributed by atoms with E-state index in [2.05, 4.69) is 25.4 Å². The Balaban J connectivity index is 1.50. The summed E-state index contributed by atoms with van der Waals surface area (Å²) in [6.45, 7) is 2.66. The van der Waals surface area contributed by atoms with E-state index >= 15 is 0 Å². The Morgan fingerprint density at radius 3 is 3.00 bits per heavy atom. The Bertz CT molecular complexity index is 525. The highest BCUT2D eigenvalue weighted by molar-refractivity contribution is 5.45. The first-order valence-electron chi connectivity index (χ1n) is 6.83. The maximum Gasteiger partial charge on any atom is 0.229 e. The molecule has 106 valence electrons. The van der Waals surface area contributed by atoms with E-state index in [1.54, 1.807) is 18.6 Å². The van der Waals surface area contributed by atoms with Crippen LogP contribution < -0.4 is 5.32 Å². The van der Waals surface area contributed by atoms with E-state index in [-0.39, 0.29) is 0 Å². The number of nitrogens with zero attached hydrogens (tertiary/aromatic N) is 4. The summed E-state index contributed by atoms with van der Waals surface area (Å²) in [5.41, 5.74) is 0.613. The van der Waals surface area contributed by atoms with Crippen LogP contribution in [0.5, 0.6) is 0 Å². The van der Waals surface area contributed by atoms with Gasteiger partial charge in [0, 0.05) is 12.4 Å². The second-order valence-corrected chi connectivity index (χ2v) is 4.67. The maximum atomic E-state index is 5.81. The predicted molar refractivity (Wildman–Crippen MR) is 70.9 cm³/mol. The number of hydrogen-bond donors (Lipinski definition) is 1. The summed E-state index contributed by atoms with van der Waals surface area (Å²) >= 11 is 0. The van der Waals surface area contributed by atoms with Gasteiger partial charge in [-0.15, -0.1) is 0 Å². The number of piperidine rings is 1. The van der Waals surface area contributed by atoms with Gasteiger partial charge in [0.15, 0.2) is 0 Å². The van der Waals surface area contributed by atoms with Gasteiger partial charge in [-0.05, 0) is 25.9 Å². The highest BCUT2D eigenvalue weighted by atomic mass is 16.5. The highest BCUT2D eigenvalue weighted by Crippen LogP contribution is 2.12. The summed E-state index contributed by atoms with van der Waals surface area (Å²) < 4.78 is 11.0. The lowest BCUT2D eigenvalue weighted by molar-refractivity contribution is 0.0322. The van der Waals surface area contributed by atoms with Crippen molar-refractivity contribution in [3.8, 4) is 11.5 Å². The lowest BCUT2D eigenvalue weighted by Gasteiger charge is -2.22. The molecule has 0 saturated carbocycles. The van der Waals surface area contributed by atoms with E-state index < -0.39 is 0 Å². The molecule has 2 aromatic heterocycles. The standard InChI is InChI=1S/C13H17N5O2/c1-4-14-5-2-10(1)19-8-3-12-17-13(18-20-12)11-9-15-6-7-16-11/h6-7,9-10,14H,1-5,8H2. The average molecular weight is 275 g/mol. The molecule has 0 bridgehead atoms. The van der Waals surface area contributed by atoms with E-state index in [1.165, 1.54) is 0 Å². The second kappa shape index (κ2) is 6.53. The van der Waals surface area contributed by atoms with Crippen LogP contribution in [0.15, 0.2) is 23.1 Å². The summed E-state index contributed by atoms with van der Waals surface area (Å²) in [5, 5.41) is 7.21. The first kappa shape index (κ1) is 13.1. The normalized spacial score (nSPS) is 16.4. The van der Waals surface area contributed by atoms with Crippen molar-refractivity contribution in [2.45, 2.75) is 25.4 Å². The van der Waals surface area contributed by atoms with Gasteiger partial charge < -0.3 is 14.6 Å². The number of aromatic nitrogens is 4. The molecule has 20 heavy (non-hydrogen) atoms. The molecule has 1 fully saturated rings. The topological polar surface area (TPSA) is 86.0 Å². The fraction of sp³-hybridized carbons (Fsp3) is 0.538. The lowest BCUT2D eigenvalue weighted by atomic mass is 10.1. The zero-order valence-corrected chi connectivity index (χ0v) is 11.2. The van der Waals surface area contributed by atoms with Crippen LogP contribution in [0, 0.1) is 0 Å². The molecular formula is C13H17N5O2. The van der Waals surface area contributed by atoms with E-state index in [1.807, 2.05) is 0 Å². The van der Waals surface area contributed by atoms with Crippen molar-refractivity contribution < 1.29 is 9.26 Å². The summed E-state index contributed by atoms with van der Waals surface area (Å²) in [4.78, 5) is 12.4. The fourth-order valence-electron chi connectivity index (χ4n) is 2.15. The van der Waals surface area contributed by atoms with E-state index in [0.29, 0.717) is 36.5 Å². The van der Waals surface area contributed by atoms with Crippen LogP contribution in [0.2, 0.25) is 0 Å². The minimum atomic E-state index is 0.346. The molecule has 2 aromatic rings. The van der Waals surface area contributed by atoms with Gasteiger partial charge in [-0.1, -0.05) is 5.16 Å².